The third kappa shape index (κ3) is 3.98. The highest BCUT2D eigenvalue weighted by atomic mass is 35.5. The third-order valence-electron chi connectivity index (χ3n) is 4.80. The molecule has 1 aromatic rings. The van der Waals surface area contributed by atoms with E-state index < -0.39 is 22.9 Å². The van der Waals surface area contributed by atoms with Crippen molar-refractivity contribution in [2.45, 2.75) is 71.5 Å². The largest absolute Gasteiger partial charge is 0.328 e. The zero-order valence-electron chi connectivity index (χ0n) is 15.9. The van der Waals surface area contributed by atoms with Gasteiger partial charge in [0.15, 0.2) is 0 Å². The first kappa shape index (κ1) is 19.7. The van der Waals surface area contributed by atoms with E-state index in [-0.39, 0.29) is 6.04 Å². The maximum atomic E-state index is 13.0. The van der Waals surface area contributed by atoms with Gasteiger partial charge in [0.1, 0.15) is 0 Å². The molecule has 0 aliphatic carbocycles. The predicted molar refractivity (Wildman–Crippen MR) is 102 cm³/mol. The number of anilines is 1. The Bertz CT molecular complexity index is 672. The van der Waals surface area contributed by atoms with Gasteiger partial charge in [-0.25, -0.2) is 0 Å². The number of hydrogen-bond acceptors (Lipinski definition) is 3. The van der Waals surface area contributed by atoms with Crippen molar-refractivity contribution in [2.24, 2.45) is 5.73 Å². The van der Waals surface area contributed by atoms with E-state index in [1.54, 1.807) is 11.0 Å². The molecule has 5 nitrogen and oxygen atoms in total. The van der Waals surface area contributed by atoms with Crippen molar-refractivity contribution in [3.63, 3.8) is 0 Å². The molecule has 0 spiro atoms. The van der Waals surface area contributed by atoms with Gasteiger partial charge in [-0.3, -0.25) is 9.59 Å². The van der Waals surface area contributed by atoms with E-state index in [9.17, 15) is 9.59 Å². The summed E-state index contributed by atoms with van der Waals surface area (Å²) in [6.07, 6.45) is 1.31. The number of nitrogens with zero attached hydrogens (tertiary/aromatic N) is 1. The van der Waals surface area contributed by atoms with Crippen LogP contribution in [-0.2, 0) is 9.59 Å². The molecule has 0 unspecified atom stereocenters. The van der Waals surface area contributed by atoms with Crippen LogP contribution in [0.5, 0.6) is 0 Å². The van der Waals surface area contributed by atoms with Crippen LogP contribution in [0.4, 0.5) is 5.69 Å². The summed E-state index contributed by atoms with van der Waals surface area (Å²) in [7, 11) is 0. The fourth-order valence-corrected chi connectivity index (χ4v) is 4.62. The third-order valence-corrected chi connectivity index (χ3v) is 5.10. The standard InChI is InChI=1S/C19H28ClN3O2/c1-11-7-12(2)15(14(20)8-11)22-16(24)17(25)23-18(3,4)9-13(21)10-19(23,5)6/h7-8,13H,9-10,21H2,1-6H3,(H,22,24). The van der Waals surface area contributed by atoms with Gasteiger partial charge in [0, 0.05) is 17.1 Å². The molecule has 1 heterocycles. The van der Waals surface area contributed by atoms with Crippen molar-refractivity contribution in [1.82, 2.24) is 4.90 Å². The molecule has 3 N–H and O–H groups in total. The second kappa shape index (κ2) is 6.61. The number of halogens is 1. The first-order valence-corrected chi connectivity index (χ1v) is 8.91. The van der Waals surface area contributed by atoms with E-state index in [1.165, 1.54) is 0 Å². The number of piperidine rings is 1. The molecule has 0 saturated carbocycles. The van der Waals surface area contributed by atoms with Gasteiger partial charge >= 0.3 is 11.8 Å². The van der Waals surface area contributed by atoms with Gasteiger partial charge < -0.3 is 16.0 Å². The van der Waals surface area contributed by atoms with Crippen LogP contribution in [0.15, 0.2) is 12.1 Å². The predicted octanol–water partition coefficient (Wildman–Crippen LogP) is 3.40. The molecule has 0 atom stereocenters. The topological polar surface area (TPSA) is 75.4 Å². The maximum absolute atomic E-state index is 13.0. The minimum atomic E-state index is -0.675. The van der Waals surface area contributed by atoms with E-state index in [4.69, 9.17) is 17.3 Å². The van der Waals surface area contributed by atoms with Gasteiger partial charge in [0.2, 0.25) is 0 Å². The normalized spacial score (nSPS) is 19.6. The Labute approximate surface area is 154 Å². The van der Waals surface area contributed by atoms with Crippen LogP contribution in [0.2, 0.25) is 5.02 Å². The summed E-state index contributed by atoms with van der Waals surface area (Å²) in [5.74, 6) is -1.23. The first-order chi connectivity index (χ1) is 11.3. The number of nitrogens with one attached hydrogen (secondary N) is 1. The number of nitrogens with two attached hydrogens (primary N) is 1. The number of amides is 2. The molecule has 1 saturated heterocycles. The average Bonchev–Trinajstić information content (AvgIpc) is 2.38. The van der Waals surface area contributed by atoms with Crippen LogP contribution in [0.3, 0.4) is 0 Å². The van der Waals surface area contributed by atoms with Crippen molar-refractivity contribution in [3.05, 3.63) is 28.3 Å². The lowest BCUT2D eigenvalue weighted by molar-refractivity contribution is -0.156. The van der Waals surface area contributed by atoms with Crippen molar-refractivity contribution < 1.29 is 9.59 Å². The maximum Gasteiger partial charge on any atom is 0.313 e. The smallest absolute Gasteiger partial charge is 0.313 e. The lowest BCUT2D eigenvalue weighted by Gasteiger charge is -2.54. The molecule has 1 aromatic carbocycles. The molecule has 1 aliphatic rings. The van der Waals surface area contributed by atoms with Crippen molar-refractivity contribution in [1.29, 1.82) is 0 Å². The molecular weight excluding hydrogens is 338 g/mol. The quantitative estimate of drug-likeness (QED) is 0.749. The molecule has 0 bridgehead atoms. The van der Waals surface area contributed by atoms with Gasteiger partial charge in [-0.15, -0.1) is 0 Å². The molecule has 6 heteroatoms. The van der Waals surface area contributed by atoms with Crippen molar-refractivity contribution >= 4 is 29.1 Å². The lowest BCUT2D eigenvalue weighted by atomic mass is 9.77. The summed E-state index contributed by atoms with van der Waals surface area (Å²) in [5, 5.41) is 3.12. The average molecular weight is 366 g/mol. The minimum Gasteiger partial charge on any atom is -0.328 e. The summed E-state index contributed by atoms with van der Waals surface area (Å²) < 4.78 is 0. The van der Waals surface area contributed by atoms with Gasteiger partial charge in [-0.2, -0.15) is 0 Å². The van der Waals surface area contributed by atoms with Crippen LogP contribution in [-0.4, -0.2) is 33.8 Å². The molecule has 2 amide bonds. The molecule has 1 fully saturated rings. The zero-order chi connectivity index (χ0) is 19.2. The number of benzene rings is 1. The molecule has 0 radical (unpaired) electrons. The Morgan fingerprint density at radius 3 is 2.16 bits per heavy atom. The fourth-order valence-electron chi connectivity index (χ4n) is 4.25. The molecule has 25 heavy (non-hydrogen) atoms. The summed E-state index contributed by atoms with van der Waals surface area (Å²) in [5.41, 5.74) is 7.45. The number of carbonyl (C=O) groups excluding carboxylic acids is 2. The highest BCUT2D eigenvalue weighted by molar-refractivity contribution is 6.41. The number of carbonyl (C=O) groups is 2. The second-order valence-electron chi connectivity index (χ2n) is 8.33. The molecule has 2 rings (SSSR count). The highest BCUT2D eigenvalue weighted by Crippen LogP contribution is 2.38. The van der Waals surface area contributed by atoms with E-state index in [0.29, 0.717) is 23.6 Å². The molecule has 1 aliphatic heterocycles. The minimum absolute atomic E-state index is 0.00546. The van der Waals surface area contributed by atoms with Gasteiger partial charge in [0.25, 0.3) is 0 Å². The highest BCUT2D eigenvalue weighted by Gasteiger charge is 2.48. The van der Waals surface area contributed by atoms with Crippen LogP contribution in [0.25, 0.3) is 0 Å². The lowest BCUT2D eigenvalue weighted by Crippen LogP contribution is -2.66. The Morgan fingerprint density at radius 2 is 1.68 bits per heavy atom. The fraction of sp³-hybridized carbons (Fsp3) is 0.579. The summed E-state index contributed by atoms with van der Waals surface area (Å²) in [6.45, 7) is 11.6. The van der Waals surface area contributed by atoms with E-state index in [2.05, 4.69) is 5.32 Å². The van der Waals surface area contributed by atoms with Crippen LogP contribution in [0.1, 0.15) is 51.7 Å². The SMILES string of the molecule is Cc1cc(C)c(NC(=O)C(=O)N2C(C)(C)CC(N)CC2(C)C)c(Cl)c1. The number of rotatable bonds is 1. The van der Waals surface area contributed by atoms with E-state index >= 15 is 0 Å². The monoisotopic (exact) mass is 365 g/mol. The van der Waals surface area contributed by atoms with Crippen molar-refractivity contribution in [3.8, 4) is 0 Å². The van der Waals surface area contributed by atoms with Crippen LogP contribution < -0.4 is 11.1 Å². The summed E-state index contributed by atoms with van der Waals surface area (Å²) in [4.78, 5) is 27.3. The van der Waals surface area contributed by atoms with Gasteiger partial charge in [-0.1, -0.05) is 17.7 Å². The Kier molecular flexibility index (Phi) is 5.22. The number of hydrogen-bond donors (Lipinski definition) is 2. The molecular formula is C19H28ClN3O2. The van der Waals surface area contributed by atoms with E-state index in [0.717, 1.165) is 11.1 Å². The number of aryl methyl sites for hydroxylation is 2. The van der Waals surface area contributed by atoms with E-state index in [1.807, 2.05) is 47.6 Å². The van der Waals surface area contributed by atoms with Crippen LogP contribution >= 0.6 is 11.6 Å². The zero-order valence-corrected chi connectivity index (χ0v) is 16.6. The Morgan fingerprint density at radius 1 is 1.16 bits per heavy atom. The number of likely N-dealkylation sites (tertiary alicyclic amines) is 1. The van der Waals surface area contributed by atoms with Gasteiger partial charge in [-0.05, 0) is 71.6 Å². The Hall–Kier alpha value is -1.59. The molecule has 138 valence electrons. The first-order valence-electron chi connectivity index (χ1n) is 8.53. The Balaban J connectivity index is 2.29. The second-order valence-corrected chi connectivity index (χ2v) is 8.73. The molecule has 0 aromatic heterocycles. The van der Waals surface area contributed by atoms with Gasteiger partial charge in [0.05, 0.1) is 10.7 Å². The van der Waals surface area contributed by atoms with Crippen LogP contribution in [0, 0.1) is 13.8 Å². The summed E-state index contributed by atoms with van der Waals surface area (Å²) >= 11 is 6.24. The van der Waals surface area contributed by atoms with Crippen molar-refractivity contribution in [2.75, 3.05) is 5.32 Å². The summed E-state index contributed by atoms with van der Waals surface area (Å²) in [6, 6.07) is 3.69.